The van der Waals surface area contributed by atoms with Crippen molar-refractivity contribution in [2.45, 2.75) is 18.3 Å². The van der Waals surface area contributed by atoms with Crippen LogP contribution in [-0.4, -0.2) is 62.8 Å². The summed E-state index contributed by atoms with van der Waals surface area (Å²) in [5.74, 6) is 0. The van der Waals surface area contributed by atoms with E-state index in [2.05, 4.69) is 5.32 Å². The number of β-amino-alcohol motifs (C(OH)–C–C–N with tert-alkyl or cyclic N) is 1. The topological polar surface area (TPSA) is 81.7 Å². The van der Waals surface area contributed by atoms with Crippen LogP contribution in [0, 0.1) is 0 Å². The maximum Gasteiger partial charge on any atom is 0.402 e. The van der Waals surface area contributed by atoms with E-state index in [1.807, 2.05) is 0 Å². The van der Waals surface area contributed by atoms with E-state index in [0.717, 1.165) is 7.05 Å². The van der Waals surface area contributed by atoms with E-state index in [1.54, 1.807) is 0 Å². The van der Waals surface area contributed by atoms with Gasteiger partial charge in [-0.2, -0.15) is 30.6 Å². The molecule has 0 aromatic rings. The second kappa shape index (κ2) is 5.06. The lowest BCUT2D eigenvalue weighted by molar-refractivity contribution is -0.121. The van der Waals surface area contributed by atoms with Crippen molar-refractivity contribution in [1.29, 1.82) is 0 Å². The number of aliphatic hydroxyl groups is 1. The van der Waals surface area contributed by atoms with Crippen LogP contribution in [0.4, 0.5) is 13.2 Å². The van der Waals surface area contributed by atoms with Gasteiger partial charge in [0.25, 0.3) is 10.2 Å². The van der Waals surface area contributed by atoms with E-state index in [1.165, 1.54) is 4.72 Å². The van der Waals surface area contributed by atoms with Crippen molar-refractivity contribution >= 4 is 10.2 Å². The fourth-order valence-electron chi connectivity index (χ4n) is 1.48. The minimum atomic E-state index is -4.61. The lowest BCUT2D eigenvalue weighted by atomic mass is 10.2. The van der Waals surface area contributed by atoms with Gasteiger partial charge in [0.15, 0.2) is 0 Å². The summed E-state index contributed by atoms with van der Waals surface area (Å²) in [5.41, 5.74) is 0. The van der Waals surface area contributed by atoms with Gasteiger partial charge in [0.05, 0.1) is 12.1 Å². The number of hydrogen-bond acceptors (Lipinski definition) is 4. The molecule has 0 aromatic heterocycles. The molecule has 0 saturated carbocycles. The lowest BCUT2D eigenvalue weighted by Crippen LogP contribution is -2.50. The molecule has 0 amide bonds. The SMILES string of the molecule is CN([C@@H]1CNC[C@H]1O)S(=O)(=O)NCC(F)(F)F. The Kier molecular flexibility index (Phi) is 4.36. The number of nitrogens with zero attached hydrogens (tertiary/aromatic N) is 1. The third kappa shape index (κ3) is 4.07. The molecule has 0 radical (unpaired) electrons. The van der Waals surface area contributed by atoms with E-state index < -0.39 is 35.1 Å². The van der Waals surface area contributed by atoms with Gasteiger partial charge in [0.2, 0.25) is 0 Å². The Labute approximate surface area is 97.0 Å². The van der Waals surface area contributed by atoms with Crippen LogP contribution in [0.15, 0.2) is 0 Å². The molecule has 3 N–H and O–H groups in total. The molecular formula is C7H14F3N3O3S. The second-order valence-electron chi connectivity index (χ2n) is 3.75. The molecular weight excluding hydrogens is 263 g/mol. The first kappa shape index (κ1) is 14.6. The van der Waals surface area contributed by atoms with E-state index in [-0.39, 0.29) is 13.1 Å². The van der Waals surface area contributed by atoms with Crippen molar-refractivity contribution in [2.75, 3.05) is 26.7 Å². The van der Waals surface area contributed by atoms with Crippen LogP contribution in [0.3, 0.4) is 0 Å². The van der Waals surface area contributed by atoms with Crippen LogP contribution in [0.2, 0.25) is 0 Å². The van der Waals surface area contributed by atoms with Gasteiger partial charge in [0.1, 0.15) is 6.54 Å². The second-order valence-corrected chi connectivity index (χ2v) is 5.57. The summed E-state index contributed by atoms with van der Waals surface area (Å²) < 4.78 is 60.8. The highest BCUT2D eigenvalue weighted by molar-refractivity contribution is 7.87. The van der Waals surface area contributed by atoms with E-state index in [9.17, 15) is 26.7 Å². The summed E-state index contributed by atoms with van der Waals surface area (Å²) in [7, 11) is -3.12. The molecule has 0 bridgehead atoms. The summed E-state index contributed by atoms with van der Waals surface area (Å²) in [6, 6.07) is -0.763. The van der Waals surface area contributed by atoms with Crippen molar-refractivity contribution < 1.29 is 26.7 Å². The molecule has 1 saturated heterocycles. The average Bonchev–Trinajstić information content (AvgIpc) is 2.59. The van der Waals surface area contributed by atoms with E-state index in [4.69, 9.17) is 0 Å². The van der Waals surface area contributed by atoms with Crippen molar-refractivity contribution in [2.24, 2.45) is 0 Å². The minimum Gasteiger partial charge on any atom is -0.390 e. The van der Waals surface area contributed by atoms with Crippen molar-refractivity contribution in [1.82, 2.24) is 14.3 Å². The van der Waals surface area contributed by atoms with Gasteiger partial charge in [-0.15, -0.1) is 0 Å². The molecule has 1 aliphatic rings. The van der Waals surface area contributed by atoms with Gasteiger partial charge in [-0.1, -0.05) is 0 Å². The van der Waals surface area contributed by atoms with Gasteiger partial charge in [-0.05, 0) is 0 Å². The van der Waals surface area contributed by atoms with Gasteiger partial charge in [0, 0.05) is 20.1 Å². The minimum absolute atomic E-state index is 0.199. The molecule has 0 spiro atoms. The zero-order valence-electron chi connectivity index (χ0n) is 9.03. The normalized spacial score (nSPS) is 26.7. The van der Waals surface area contributed by atoms with Crippen molar-refractivity contribution in [3.8, 4) is 0 Å². The Morgan fingerprint density at radius 1 is 1.47 bits per heavy atom. The molecule has 1 heterocycles. The van der Waals surface area contributed by atoms with Crippen LogP contribution in [0.1, 0.15) is 0 Å². The van der Waals surface area contributed by atoms with Crippen LogP contribution >= 0.6 is 0 Å². The molecule has 1 rings (SSSR count). The maximum absolute atomic E-state index is 11.9. The highest BCUT2D eigenvalue weighted by Gasteiger charge is 2.37. The standard InChI is InChI=1S/C7H14F3N3O3S/c1-13(5-2-11-3-6(5)14)17(15,16)12-4-7(8,9)10/h5-6,11-12,14H,2-4H2,1H3/t5-,6-/m1/s1. The Hall–Kier alpha value is -0.420. The molecule has 6 nitrogen and oxygen atoms in total. The van der Waals surface area contributed by atoms with Gasteiger partial charge in [-0.3, -0.25) is 0 Å². The van der Waals surface area contributed by atoms with Gasteiger partial charge < -0.3 is 10.4 Å². The van der Waals surface area contributed by atoms with Crippen LogP contribution in [-0.2, 0) is 10.2 Å². The largest absolute Gasteiger partial charge is 0.402 e. The first-order valence-corrected chi connectivity index (χ1v) is 6.25. The smallest absolute Gasteiger partial charge is 0.390 e. The Bertz CT molecular complexity index is 359. The molecule has 0 unspecified atom stereocenters. The molecule has 102 valence electrons. The lowest BCUT2D eigenvalue weighted by Gasteiger charge is -2.25. The number of alkyl halides is 3. The third-order valence-electron chi connectivity index (χ3n) is 2.45. The fraction of sp³-hybridized carbons (Fsp3) is 1.00. The summed E-state index contributed by atoms with van der Waals surface area (Å²) in [5, 5.41) is 12.2. The van der Waals surface area contributed by atoms with Gasteiger partial charge in [-0.25, -0.2) is 0 Å². The monoisotopic (exact) mass is 277 g/mol. The predicted molar refractivity (Wildman–Crippen MR) is 53.4 cm³/mol. The summed E-state index contributed by atoms with van der Waals surface area (Å²) in [6.07, 6.45) is -5.54. The Morgan fingerprint density at radius 2 is 2.06 bits per heavy atom. The van der Waals surface area contributed by atoms with E-state index >= 15 is 0 Å². The number of halogens is 3. The molecule has 17 heavy (non-hydrogen) atoms. The highest BCUT2D eigenvalue weighted by Crippen LogP contribution is 2.15. The maximum atomic E-state index is 11.9. The Morgan fingerprint density at radius 3 is 2.47 bits per heavy atom. The molecule has 1 aliphatic heterocycles. The zero-order chi connectivity index (χ0) is 13.3. The summed E-state index contributed by atoms with van der Waals surface area (Å²) in [4.78, 5) is 0. The first-order chi connectivity index (χ1) is 7.63. The van der Waals surface area contributed by atoms with Crippen LogP contribution < -0.4 is 10.0 Å². The quantitative estimate of drug-likeness (QED) is 0.593. The summed E-state index contributed by atoms with van der Waals surface area (Å²) in [6.45, 7) is -1.22. The number of hydrogen-bond donors (Lipinski definition) is 3. The fourth-order valence-corrected chi connectivity index (χ4v) is 2.60. The third-order valence-corrected chi connectivity index (χ3v) is 3.99. The number of nitrogens with one attached hydrogen (secondary N) is 2. The highest BCUT2D eigenvalue weighted by atomic mass is 32.2. The first-order valence-electron chi connectivity index (χ1n) is 4.81. The number of rotatable bonds is 4. The van der Waals surface area contributed by atoms with Crippen molar-refractivity contribution in [3.63, 3.8) is 0 Å². The molecule has 10 heteroatoms. The number of aliphatic hydroxyl groups excluding tert-OH is 1. The molecule has 0 aromatic carbocycles. The van der Waals surface area contributed by atoms with E-state index in [0.29, 0.717) is 4.31 Å². The summed E-state index contributed by atoms with van der Waals surface area (Å²) >= 11 is 0. The van der Waals surface area contributed by atoms with Crippen LogP contribution in [0.25, 0.3) is 0 Å². The van der Waals surface area contributed by atoms with Gasteiger partial charge >= 0.3 is 6.18 Å². The van der Waals surface area contributed by atoms with Crippen molar-refractivity contribution in [3.05, 3.63) is 0 Å². The molecule has 1 fully saturated rings. The average molecular weight is 277 g/mol. The van der Waals surface area contributed by atoms with Crippen LogP contribution in [0.5, 0.6) is 0 Å². The zero-order valence-corrected chi connectivity index (χ0v) is 9.85. The predicted octanol–water partition coefficient (Wildman–Crippen LogP) is -1.35. The number of likely N-dealkylation sites (N-methyl/N-ethyl adjacent to an activating group) is 1. The molecule has 2 atom stereocenters. The molecule has 0 aliphatic carbocycles. The Balaban J connectivity index is 2.63.